The van der Waals surface area contributed by atoms with Gasteiger partial charge in [-0.1, -0.05) is 42.5 Å². The molecule has 5 nitrogen and oxygen atoms in total. The number of carbonyl (C=O) groups is 2. The maximum Gasteiger partial charge on any atom is 0.261 e. The Morgan fingerprint density at radius 1 is 1.14 bits per heavy atom. The van der Waals surface area contributed by atoms with Crippen molar-refractivity contribution in [1.29, 1.82) is 0 Å². The van der Waals surface area contributed by atoms with E-state index < -0.39 is 0 Å². The summed E-state index contributed by atoms with van der Waals surface area (Å²) in [5.41, 5.74) is 1.87. The van der Waals surface area contributed by atoms with Crippen LogP contribution in [-0.4, -0.2) is 29.9 Å². The van der Waals surface area contributed by atoms with Crippen molar-refractivity contribution in [3.63, 3.8) is 0 Å². The molecule has 1 N–H and O–H groups in total. The maximum absolute atomic E-state index is 12.7. The molecule has 2 aromatic heterocycles. The van der Waals surface area contributed by atoms with Crippen LogP contribution in [0.3, 0.4) is 0 Å². The first-order valence-corrected chi connectivity index (χ1v) is 10.7. The molecule has 1 aromatic carbocycles. The number of hydrogen-bond donors (Lipinski definition) is 1. The van der Waals surface area contributed by atoms with Crippen molar-refractivity contribution in [2.75, 3.05) is 18.0 Å². The Bertz CT molecular complexity index is 920. The Balaban J connectivity index is 1.56. The van der Waals surface area contributed by atoms with Crippen LogP contribution in [0, 0.1) is 0 Å². The molecule has 0 saturated heterocycles. The molecule has 0 aliphatic rings. The molecule has 0 saturated carbocycles. The smallest absolute Gasteiger partial charge is 0.261 e. The highest BCUT2D eigenvalue weighted by Crippen LogP contribution is 2.27. The van der Waals surface area contributed by atoms with Crippen molar-refractivity contribution in [2.45, 2.75) is 12.8 Å². The number of thiophene rings is 1. The summed E-state index contributed by atoms with van der Waals surface area (Å²) in [7, 11) is 0. The zero-order valence-corrected chi connectivity index (χ0v) is 17.0. The van der Waals surface area contributed by atoms with Crippen LogP contribution in [0.2, 0.25) is 0 Å². The first kappa shape index (κ1) is 20.0. The number of nitrogens with one attached hydrogen (secondary N) is 1. The average Bonchev–Trinajstić information content (AvgIpc) is 3.42. The summed E-state index contributed by atoms with van der Waals surface area (Å²) in [6.45, 7) is 4.61. The molecule has 0 bridgehead atoms. The van der Waals surface area contributed by atoms with Crippen molar-refractivity contribution in [3.05, 3.63) is 70.8 Å². The number of rotatable bonds is 9. The topological polar surface area (TPSA) is 62.3 Å². The van der Waals surface area contributed by atoms with Crippen molar-refractivity contribution < 1.29 is 9.59 Å². The lowest BCUT2D eigenvalue weighted by Gasteiger charge is -2.18. The monoisotopic (exact) mass is 411 g/mol. The first-order valence-electron chi connectivity index (χ1n) is 8.93. The van der Waals surface area contributed by atoms with Gasteiger partial charge in [0.15, 0.2) is 5.13 Å². The second-order valence-electron chi connectivity index (χ2n) is 6.01. The summed E-state index contributed by atoms with van der Waals surface area (Å²) >= 11 is 2.84. The predicted molar refractivity (Wildman–Crippen MR) is 116 cm³/mol. The molecule has 2 amide bonds. The number of aromatic nitrogens is 1. The summed E-state index contributed by atoms with van der Waals surface area (Å²) in [6.07, 6.45) is 2.60. The molecule has 0 aliphatic heterocycles. The van der Waals surface area contributed by atoms with Gasteiger partial charge in [-0.2, -0.15) is 0 Å². The molecule has 144 valence electrons. The molecule has 3 aromatic rings. The summed E-state index contributed by atoms with van der Waals surface area (Å²) in [5, 5.41) is 7.32. The quantitative estimate of drug-likeness (QED) is 0.413. The normalized spacial score (nSPS) is 10.4. The SMILES string of the molecule is C=CCN(C(=O)CCCNC(=O)c1cccs1)c1nc(-c2ccccc2)cs1. The van der Waals surface area contributed by atoms with Crippen molar-refractivity contribution in [2.24, 2.45) is 0 Å². The van der Waals surface area contributed by atoms with E-state index in [1.807, 2.05) is 47.2 Å². The van der Waals surface area contributed by atoms with E-state index in [2.05, 4.69) is 16.9 Å². The molecule has 0 aliphatic carbocycles. The minimum absolute atomic E-state index is 0.0285. The fourth-order valence-electron chi connectivity index (χ4n) is 2.62. The highest BCUT2D eigenvalue weighted by atomic mass is 32.1. The Morgan fingerprint density at radius 3 is 2.68 bits per heavy atom. The molecule has 0 spiro atoms. The van der Waals surface area contributed by atoms with Crippen LogP contribution >= 0.6 is 22.7 Å². The number of amides is 2. The highest BCUT2D eigenvalue weighted by molar-refractivity contribution is 7.14. The van der Waals surface area contributed by atoms with Gasteiger partial charge in [-0.05, 0) is 17.9 Å². The van der Waals surface area contributed by atoms with Crippen LogP contribution in [0.15, 0.2) is 65.9 Å². The Labute approximate surface area is 172 Å². The number of anilines is 1. The number of hydrogen-bond acceptors (Lipinski definition) is 5. The third-order valence-electron chi connectivity index (χ3n) is 4.00. The molecule has 3 rings (SSSR count). The molecular weight excluding hydrogens is 390 g/mol. The van der Waals surface area contributed by atoms with Gasteiger partial charge >= 0.3 is 0 Å². The van der Waals surface area contributed by atoms with Gasteiger partial charge in [0.2, 0.25) is 5.91 Å². The first-order chi connectivity index (χ1) is 13.7. The molecule has 28 heavy (non-hydrogen) atoms. The summed E-state index contributed by atoms with van der Waals surface area (Å²) < 4.78 is 0. The third-order valence-corrected chi connectivity index (χ3v) is 5.74. The molecule has 0 fully saturated rings. The van der Waals surface area contributed by atoms with Crippen molar-refractivity contribution in [3.8, 4) is 11.3 Å². The highest BCUT2D eigenvalue weighted by Gasteiger charge is 2.18. The van der Waals surface area contributed by atoms with Crippen LogP contribution in [-0.2, 0) is 4.79 Å². The number of nitrogens with zero attached hydrogens (tertiary/aromatic N) is 2. The lowest BCUT2D eigenvalue weighted by molar-refractivity contribution is -0.118. The summed E-state index contributed by atoms with van der Waals surface area (Å²) in [4.78, 5) is 31.6. The zero-order valence-electron chi connectivity index (χ0n) is 15.3. The van der Waals surface area contributed by atoms with Crippen LogP contribution < -0.4 is 10.2 Å². The standard InChI is InChI=1S/C21H21N3O2S2/c1-2-13-24(21-23-17(15-28-21)16-8-4-3-5-9-16)19(25)11-6-12-22-20(26)18-10-7-14-27-18/h2-5,7-10,14-15H,1,6,11-13H2,(H,22,26). The Hall–Kier alpha value is -2.77. The fourth-order valence-corrected chi connectivity index (χ4v) is 4.12. The fraction of sp³-hybridized carbons (Fsp3) is 0.190. The largest absolute Gasteiger partial charge is 0.351 e. The van der Waals surface area contributed by atoms with Crippen molar-refractivity contribution in [1.82, 2.24) is 10.3 Å². The van der Waals surface area contributed by atoms with E-state index >= 15 is 0 Å². The average molecular weight is 412 g/mol. The van der Waals surface area contributed by atoms with Crippen LogP contribution in [0.25, 0.3) is 11.3 Å². The number of thiazole rings is 1. The van der Waals surface area contributed by atoms with Gasteiger partial charge in [0.1, 0.15) is 0 Å². The van der Waals surface area contributed by atoms with Gasteiger partial charge in [-0.15, -0.1) is 29.3 Å². The van der Waals surface area contributed by atoms with Crippen LogP contribution in [0.4, 0.5) is 5.13 Å². The Kier molecular flexibility index (Phi) is 7.11. The van der Waals surface area contributed by atoms with E-state index in [-0.39, 0.29) is 11.8 Å². The molecule has 7 heteroatoms. The van der Waals surface area contributed by atoms with Crippen molar-refractivity contribution >= 4 is 39.6 Å². The van der Waals surface area contributed by atoms with Crippen LogP contribution in [0.5, 0.6) is 0 Å². The summed E-state index contributed by atoms with van der Waals surface area (Å²) in [6, 6.07) is 13.5. The van der Waals surface area contributed by atoms with E-state index in [0.29, 0.717) is 35.9 Å². The second-order valence-corrected chi connectivity index (χ2v) is 7.80. The zero-order chi connectivity index (χ0) is 19.8. The van der Waals surface area contributed by atoms with Gasteiger partial charge in [0.05, 0.1) is 10.6 Å². The molecule has 0 unspecified atom stereocenters. The second kappa shape index (κ2) is 9.96. The lowest BCUT2D eigenvalue weighted by atomic mass is 10.2. The number of benzene rings is 1. The lowest BCUT2D eigenvalue weighted by Crippen LogP contribution is -2.32. The van der Waals surface area contributed by atoms with E-state index in [4.69, 9.17) is 0 Å². The predicted octanol–water partition coefficient (Wildman–Crippen LogP) is 4.60. The van der Waals surface area contributed by atoms with Gasteiger partial charge in [-0.3, -0.25) is 14.5 Å². The van der Waals surface area contributed by atoms with Gasteiger partial charge in [-0.25, -0.2) is 4.98 Å². The van der Waals surface area contributed by atoms with Gasteiger partial charge in [0, 0.05) is 30.5 Å². The third kappa shape index (κ3) is 5.15. The van der Waals surface area contributed by atoms with Gasteiger partial charge < -0.3 is 5.32 Å². The van der Waals surface area contributed by atoms with E-state index in [9.17, 15) is 9.59 Å². The minimum atomic E-state index is -0.0992. The van der Waals surface area contributed by atoms with E-state index in [1.165, 1.54) is 22.7 Å². The minimum Gasteiger partial charge on any atom is -0.351 e. The Morgan fingerprint density at radius 2 is 1.96 bits per heavy atom. The summed E-state index contributed by atoms with van der Waals surface area (Å²) in [5.74, 6) is -0.128. The molecular formula is C21H21N3O2S2. The number of carbonyl (C=O) groups excluding carboxylic acids is 2. The van der Waals surface area contributed by atoms with E-state index in [1.54, 1.807) is 17.0 Å². The molecule has 0 atom stereocenters. The van der Waals surface area contributed by atoms with Crippen LogP contribution in [0.1, 0.15) is 22.5 Å². The van der Waals surface area contributed by atoms with Gasteiger partial charge in [0.25, 0.3) is 5.91 Å². The molecule has 0 radical (unpaired) electrons. The maximum atomic E-state index is 12.7. The molecule has 2 heterocycles. The van der Waals surface area contributed by atoms with E-state index in [0.717, 1.165) is 11.3 Å².